The van der Waals surface area contributed by atoms with Gasteiger partial charge in [-0.2, -0.15) is 5.10 Å². The van der Waals surface area contributed by atoms with Crippen LogP contribution >= 0.6 is 12.2 Å². The van der Waals surface area contributed by atoms with Gasteiger partial charge in [0, 0.05) is 5.56 Å². The summed E-state index contributed by atoms with van der Waals surface area (Å²) < 4.78 is 7.76. The summed E-state index contributed by atoms with van der Waals surface area (Å²) in [5.41, 5.74) is 4.44. The zero-order valence-corrected chi connectivity index (χ0v) is 13.6. The lowest BCUT2D eigenvalue weighted by atomic mass is 10.1. The molecule has 3 aromatic rings. The van der Waals surface area contributed by atoms with Crippen LogP contribution in [0.5, 0.6) is 5.75 Å². The smallest absolute Gasteiger partial charge is 0.200 e. The number of aromatic nitrogens is 3. The summed E-state index contributed by atoms with van der Waals surface area (Å²) in [4.78, 5) is 0. The topological polar surface area (TPSA) is 42.8 Å². The monoisotopic (exact) mass is 311 g/mol. The molecule has 112 valence electrons. The number of methoxy groups -OCH3 is 1. The number of nitrogens with zero attached hydrogens (tertiary/aromatic N) is 2. The second-order valence-corrected chi connectivity index (χ2v) is 5.52. The highest BCUT2D eigenvalue weighted by Crippen LogP contribution is 2.26. The Morgan fingerprint density at radius 3 is 2.50 bits per heavy atom. The van der Waals surface area contributed by atoms with Crippen LogP contribution in [0.3, 0.4) is 0 Å². The Morgan fingerprint density at radius 1 is 1.09 bits per heavy atom. The van der Waals surface area contributed by atoms with Crippen molar-refractivity contribution in [2.75, 3.05) is 7.11 Å². The van der Waals surface area contributed by atoms with Crippen molar-refractivity contribution in [3.8, 4) is 22.8 Å². The fraction of sp³-hybridized carbons (Fsp3) is 0.176. The van der Waals surface area contributed by atoms with Crippen molar-refractivity contribution >= 4 is 12.2 Å². The van der Waals surface area contributed by atoms with E-state index >= 15 is 0 Å². The largest absolute Gasteiger partial charge is 0.497 e. The van der Waals surface area contributed by atoms with Gasteiger partial charge in [-0.3, -0.25) is 9.67 Å². The van der Waals surface area contributed by atoms with E-state index in [0.29, 0.717) is 4.77 Å². The number of aryl methyl sites for hydroxylation is 1. The third-order valence-corrected chi connectivity index (χ3v) is 4.11. The minimum Gasteiger partial charge on any atom is -0.497 e. The van der Waals surface area contributed by atoms with E-state index in [4.69, 9.17) is 17.0 Å². The molecule has 3 rings (SSSR count). The first-order chi connectivity index (χ1) is 10.6. The minimum atomic E-state index is 0.583. The number of hydrogen-bond acceptors (Lipinski definition) is 3. The van der Waals surface area contributed by atoms with Gasteiger partial charge in [-0.15, -0.1) is 0 Å². The third-order valence-electron chi connectivity index (χ3n) is 3.84. The van der Waals surface area contributed by atoms with Crippen LogP contribution in [-0.4, -0.2) is 21.9 Å². The van der Waals surface area contributed by atoms with E-state index in [-0.39, 0.29) is 0 Å². The van der Waals surface area contributed by atoms with Crippen LogP contribution in [0, 0.1) is 18.6 Å². The van der Waals surface area contributed by atoms with Crippen molar-refractivity contribution in [1.29, 1.82) is 0 Å². The van der Waals surface area contributed by atoms with Gasteiger partial charge in [0.05, 0.1) is 12.8 Å². The van der Waals surface area contributed by atoms with E-state index in [2.05, 4.69) is 36.2 Å². The van der Waals surface area contributed by atoms with Gasteiger partial charge in [-0.25, -0.2) is 0 Å². The molecule has 0 aliphatic rings. The number of H-pyrrole nitrogens is 1. The first-order valence-corrected chi connectivity index (χ1v) is 7.41. The van der Waals surface area contributed by atoms with E-state index in [9.17, 15) is 0 Å². The molecule has 0 atom stereocenters. The minimum absolute atomic E-state index is 0.583. The maximum Gasteiger partial charge on any atom is 0.200 e. The van der Waals surface area contributed by atoms with Crippen molar-refractivity contribution in [2.24, 2.45) is 0 Å². The standard InChI is InChI=1S/C17H17N3OS/c1-11-5-4-6-15(12(11)2)20-16(18-19-17(20)22)13-7-9-14(21-3)10-8-13/h4-10H,1-3H3,(H,19,22). The second-order valence-electron chi connectivity index (χ2n) is 5.14. The van der Waals surface area contributed by atoms with Gasteiger partial charge >= 0.3 is 0 Å². The van der Waals surface area contributed by atoms with Crippen LogP contribution in [-0.2, 0) is 0 Å². The molecule has 0 radical (unpaired) electrons. The zero-order chi connectivity index (χ0) is 15.7. The molecule has 0 unspecified atom stereocenters. The van der Waals surface area contributed by atoms with Crippen molar-refractivity contribution < 1.29 is 4.74 Å². The summed E-state index contributed by atoms with van der Waals surface area (Å²) in [6.45, 7) is 4.19. The zero-order valence-electron chi connectivity index (χ0n) is 12.8. The van der Waals surface area contributed by atoms with Gasteiger partial charge in [-0.1, -0.05) is 12.1 Å². The molecule has 1 aromatic heterocycles. The highest BCUT2D eigenvalue weighted by molar-refractivity contribution is 7.71. The Hall–Kier alpha value is -2.40. The fourth-order valence-corrected chi connectivity index (χ4v) is 2.66. The van der Waals surface area contributed by atoms with E-state index in [1.165, 1.54) is 11.1 Å². The molecule has 0 saturated carbocycles. The number of nitrogens with one attached hydrogen (secondary N) is 1. The SMILES string of the molecule is COc1ccc(-c2n[nH]c(=S)n2-c2cccc(C)c2C)cc1. The van der Waals surface area contributed by atoms with Gasteiger partial charge in [-0.05, 0) is 67.5 Å². The number of aromatic amines is 1. The first kappa shape index (κ1) is 14.5. The summed E-state index contributed by atoms with van der Waals surface area (Å²) in [6, 6.07) is 14.0. The maximum atomic E-state index is 5.43. The lowest BCUT2D eigenvalue weighted by molar-refractivity contribution is 0.415. The Bertz CT molecular complexity index is 862. The summed E-state index contributed by atoms with van der Waals surface area (Å²) in [5.74, 6) is 1.61. The van der Waals surface area contributed by atoms with Crippen LogP contribution in [0.25, 0.3) is 17.1 Å². The van der Waals surface area contributed by atoms with Gasteiger partial charge < -0.3 is 4.74 Å². The molecule has 0 amide bonds. The number of hydrogen-bond donors (Lipinski definition) is 1. The maximum absolute atomic E-state index is 5.43. The fourth-order valence-electron chi connectivity index (χ4n) is 2.43. The Balaban J connectivity index is 2.19. The molecule has 1 N–H and O–H groups in total. The molecule has 4 nitrogen and oxygen atoms in total. The molecule has 0 saturated heterocycles. The second kappa shape index (κ2) is 5.77. The Labute approximate surface area is 134 Å². The normalized spacial score (nSPS) is 10.7. The quantitative estimate of drug-likeness (QED) is 0.736. The van der Waals surface area contributed by atoms with E-state index in [1.54, 1.807) is 7.11 Å². The average molecular weight is 311 g/mol. The lowest BCUT2D eigenvalue weighted by Crippen LogP contribution is -2.01. The number of rotatable bonds is 3. The molecule has 1 heterocycles. The predicted molar refractivity (Wildman–Crippen MR) is 90.2 cm³/mol. The van der Waals surface area contributed by atoms with Crippen molar-refractivity contribution in [3.63, 3.8) is 0 Å². The van der Waals surface area contributed by atoms with Crippen LogP contribution in [0.2, 0.25) is 0 Å². The van der Waals surface area contributed by atoms with E-state index in [1.807, 2.05) is 34.9 Å². The number of benzene rings is 2. The highest BCUT2D eigenvalue weighted by Gasteiger charge is 2.13. The van der Waals surface area contributed by atoms with Crippen molar-refractivity contribution in [3.05, 3.63) is 58.4 Å². The van der Waals surface area contributed by atoms with Crippen LogP contribution in [0.1, 0.15) is 11.1 Å². The number of ether oxygens (including phenoxy) is 1. The lowest BCUT2D eigenvalue weighted by Gasteiger charge is -2.12. The molecule has 0 aliphatic carbocycles. The van der Waals surface area contributed by atoms with Gasteiger partial charge in [0.25, 0.3) is 0 Å². The summed E-state index contributed by atoms with van der Waals surface area (Å²) in [7, 11) is 1.65. The van der Waals surface area contributed by atoms with E-state index in [0.717, 1.165) is 22.8 Å². The van der Waals surface area contributed by atoms with Crippen LogP contribution in [0.15, 0.2) is 42.5 Å². The third kappa shape index (κ3) is 2.44. The van der Waals surface area contributed by atoms with Crippen molar-refractivity contribution in [2.45, 2.75) is 13.8 Å². The molecule has 0 spiro atoms. The summed E-state index contributed by atoms with van der Waals surface area (Å²) in [6.07, 6.45) is 0. The van der Waals surface area contributed by atoms with Crippen LogP contribution < -0.4 is 4.74 Å². The molecular weight excluding hydrogens is 294 g/mol. The molecule has 5 heteroatoms. The van der Waals surface area contributed by atoms with Gasteiger partial charge in [0.1, 0.15) is 5.75 Å². The van der Waals surface area contributed by atoms with E-state index < -0.39 is 0 Å². The summed E-state index contributed by atoms with van der Waals surface area (Å²) in [5, 5.41) is 7.29. The Kier molecular flexibility index (Phi) is 3.81. The molecule has 0 aliphatic heterocycles. The Morgan fingerprint density at radius 2 is 1.82 bits per heavy atom. The van der Waals surface area contributed by atoms with Crippen molar-refractivity contribution in [1.82, 2.24) is 14.8 Å². The predicted octanol–water partition coefficient (Wildman–Crippen LogP) is 4.22. The van der Waals surface area contributed by atoms with Crippen LogP contribution in [0.4, 0.5) is 0 Å². The average Bonchev–Trinajstić information content (AvgIpc) is 2.92. The van der Waals surface area contributed by atoms with Gasteiger partial charge in [0.15, 0.2) is 10.6 Å². The molecule has 0 fully saturated rings. The molecule has 22 heavy (non-hydrogen) atoms. The molecular formula is C17H17N3OS. The molecule has 2 aromatic carbocycles. The highest BCUT2D eigenvalue weighted by atomic mass is 32.1. The molecule has 0 bridgehead atoms. The summed E-state index contributed by atoms with van der Waals surface area (Å²) >= 11 is 5.43. The first-order valence-electron chi connectivity index (χ1n) is 7.00. The van der Waals surface area contributed by atoms with Gasteiger partial charge in [0.2, 0.25) is 0 Å².